The highest BCUT2D eigenvalue weighted by Gasteiger charge is 2.45. The summed E-state index contributed by atoms with van der Waals surface area (Å²) < 4.78 is 21.5. The van der Waals surface area contributed by atoms with E-state index >= 15 is 0 Å². The molecule has 7 nitrogen and oxygen atoms in total. The third kappa shape index (κ3) is 2.83. The summed E-state index contributed by atoms with van der Waals surface area (Å²) in [7, 11) is 1.27. The lowest BCUT2D eigenvalue weighted by Gasteiger charge is -2.37. The van der Waals surface area contributed by atoms with Crippen LogP contribution in [0.3, 0.4) is 0 Å². The molecule has 2 heterocycles. The van der Waals surface area contributed by atoms with Gasteiger partial charge in [-0.3, -0.25) is 4.79 Å². The van der Waals surface area contributed by atoms with Crippen LogP contribution in [0.25, 0.3) is 0 Å². The molecule has 27 heavy (non-hydrogen) atoms. The number of ether oxygens (including phenoxy) is 4. The number of Topliss-reactive ketones (excluding diaryl/α,β-unsaturated/α-hetero) is 1. The van der Waals surface area contributed by atoms with E-state index in [0.717, 1.165) is 0 Å². The van der Waals surface area contributed by atoms with E-state index in [0.29, 0.717) is 41.2 Å². The Labute approximate surface area is 156 Å². The number of carbonyl (C=O) groups excluding carboxylic acids is 2. The summed E-state index contributed by atoms with van der Waals surface area (Å²) in [4.78, 5) is 25.5. The molecule has 0 fully saturated rings. The Morgan fingerprint density at radius 1 is 1.22 bits per heavy atom. The minimum absolute atomic E-state index is 0.0335. The Kier molecular flexibility index (Phi) is 3.91. The average Bonchev–Trinajstić information content (AvgIpc) is 3.06. The van der Waals surface area contributed by atoms with E-state index in [4.69, 9.17) is 24.7 Å². The summed E-state index contributed by atoms with van der Waals surface area (Å²) in [5, 5.41) is 0. The molecule has 0 saturated heterocycles. The van der Waals surface area contributed by atoms with Gasteiger partial charge in [-0.2, -0.15) is 0 Å². The molecule has 2 N–H and O–H groups in total. The summed E-state index contributed by atoms with van der Waals surface area (Å²) in [6.07, 6.45) is 0.925. The first kappa shape index (κ1) is 17.5. The molecule has 0 saturated carbocycles. The van der Waals surface area contributed by atoms with Crippen molar-refractivity contribution in [3.63, 3.8) is 0 Å². The van der Waals surface area contributed by atoms with Gasteiger partial charge < -0.3 is 24.7 Å². The molecule has 2 aliphatic heterocycles. The van der Waals surface area contributed by atoms with Gasteiger partial charge in [0.25, 0.3) is 0 Å². The minimum atomic E-state index is -0.667. The van der Waals surface area contributed by atoms with Crippen molar-refractivity contribution in [2.75, 3.05) is 13.9 Å². The lowest BCUT2D eigenvalue weighted by molar-refractivity contribution is -0.136. The lowest BCUT2D eigenvalue weighted by atomic mass is 9.70. The monoisotopic (exact) mass is 371 g/mol. The van der Waals surface area contributed by atoms with Crippen molar-refractivity contribution in [1.82, 2.24) is 0 Å². The van der Waals surface area contributed by atoms with E-state index in [1.807, 2.05) is 13.8 Å². The Balaban J connectivity index is 1.89. The molecule has 1 aliphatic carbocycles. The second-order valence-corrected chi connectivity index (χ2v) is 7.70. The molecule has 0 amide bonds. The summed E-state index contributed by atoms with van der Waals surface area (Å²) in [6.45, 7) is 4.14. The quantitative estimate of drug-likeness (QED) is 0.798. The molecule has 0 radical (unpaired) electrons. The third-order valence-electron chi connectivity index (χ3n) is 5.09. The van der Waals surface area contributed by atoms with Gasteiger partial charge in [0.2, 0.25) is 12.7 Å². The first-order valence-electron chi connectivity index (χ1n) is 8.72. The van der Waals surface area contributed by atoms with Crippen LogP contribution < -0.4 is 15.2 Å². The largest absolute Gasteiger partial charge is 0.465 e. The van der Waals surface area contributed by atoms with Crippen molar-refractivity contribution in [3.8, 4) is 11.5 Å². The molecular formula is C20H21NO6. The maximum absolute atomic E-state index is 13.0. The zero-order chi connectivity index (χ0) is 19.3. The number of allylic oxidation sites excluding steroid dienone is 2. The highest BCUT2D eigenvalue weighted by Crippen LogP contribution is 2.49. The van der Waals surface area contributed by atoms with Crippen LogP contribution in [0.4, 0.5) is 0 Å². The van der Waals surface area contributed by atoms with Gasteiger partial charge in [-0.25, -0.2) is 4.79 Å². The summed E-state index contributed by atoms with van der Waals surface area (Å²) in [6, 6.07) is 5.33. The smallest absolute Gasteiger partial charge is 0.340 e. The zero-order valence-electron chi connectivity index (χ0n) is 15.5. The lowest BCUT2D eigenvalue weighted by Crippen LogP contribution is -2.35. The average molecular weight is 371 g/mol. The Morgan fingerprint density at radius 3 is 2.70 bits per heavy atom. The van der Waals surface area contributed by atoms with E-state index in [1.165, 1.54) is 7.11 Å². The van der Waals surface area contributed by atoms with Crippen LogP contribution in [-0.2, 0) is 19.1 Å². The van der Waals surface area contributed by atoms with Gasteiger partial charge in [0.15, 0.2) is 17.3 Å². The van der Waals surface area contributed by atoms with Gasteiger partial charge in [-0.05, 0) is 23.1 Å². The van der Waals surface area contributed by atoms with Crippen molar-refractivity contribution in [2.24, 2.45) is 11.1 Å². The molecule has 0 spiro atoms. The fourth-order valence-electron chi connectivity index (χ4n) is 3.92. The number of ketones is 1. The minimum Gasteiger partial charge on any atom is -0.465 e. The number of hydrogen-bond donors (Lipinski definition) is 1. The predicted molar refractivity (Wildman–Crippen MR) is 94.7 cm³/mol. The highest BCUT2D eigenvalue weighted by molar-refractivity contribution is 6.03. The number of hydrogen-bond acceptors (Lipinski definition) is 7. The van der Waals surface area contributed by atoms with Crippen LogP contribution in [0, 0.1) is 5.41 Å². The van der Waals surface area contributed by atoms with Crippen LogP contribution in [-0.4, -0.2) is 25.7 Å². The van der Waals surface area contributed by atoms with Crippen molar-refractivity contribution in [2.45, 2.75) is 32.6 Å². The van der Waals surface area contributed by atoms with Gasteiger partial charge in [0.1, 0.15) is 11.3 Å². The van der Waals surface area contributed by atoms with Gasteiger partial charge in [-0.1, -0.05) is 19.9 Å². The van der Waals surface area contributed by atoms with Gasteiger partial charge in [0, 0.05) is 18.4 Å². The van der Waals surface area contributed by atoms with Crippen LogP contribution in [0.1, 0.15) is 38.2 Å². The van der Waals surface area contributed by atoms with Crippen molar-refractivity contribution >= 4 is 11.8 Å². The van der Waals surface area contributed by atoms with Crippen LogP contribution >= 0.6 is 0 Å². The third-order valence-corrected chi connectivity index (χ3v) is 5.09. The topological polar surface area (TPSA) is 97.1 Å². The number of esters is 1. The first-order valence-corrected chi connectivity index (χ1v) is 8.72. The zero-order valence-corrected chi connectivity index (χ0v) is 15.5. The van der Waals surface area contributed by atoms with Gasteiger partial charge in [-0.15, -0.1) is 0 Å². The van der Waals surface area contributed by atoms with E-state index < -0.39 is 11.9 Å². The number of carbonyl (C=O) groups is 2. The molecule has 0 bridgehead atoms. The van der Waals surface area contributed by atoms with E-state index in [1.54, 1.807) is 18.2 Å². The molecule has 4 rings (SSSR count). The molecule has 0 aromatic heterocycles. The standard InChI is InChI=1S/C20H21NO6/c1-20(2)7-11(22)16-14(8-20)27-18(21)17(19(23)24-3)15(16)10-4-5-12-13(6-10)26-9-25-12/h4-6,15H,7-9,21H2,1-3H3. The van der Waals surface area contributed by atoms with Gasteiger partial charge >= 0.3 is 5.97 Å². The molecule has 1 unspecified atom stereocenters. The Hall–Kier alpha value is -2.96. The van der Waals surface area contributed by atoms with Crippen molar-refractivity contribution < 1.29 is 28.5 Å². The van der Waals surface area contributed by atoms with Gasteiger partial charge in [0.05, 0.1) is 13.0 Å². The molecule has 142 valence electrons. The molecule has 7 heteroatoms. The maximum Gasteiger partial charge on any atom is 0.340 e. The first-order chi connectivity index (χ1) is 12.8. The second kappa shape index (κ2) is 6.04. The number of benzene rings is 1. The van der Waals surface area contributed by atoms with Crippen molar-refractivity contribution in [3.05, 3.63) is 46.6 Å². The molecular weight excluding hydrogens is 350 g/mol. The van der Waals surface area contributed by atoms with Crippen LogP contribution in [0.5, 0.6) is 11.5 Å². The van der Waals surface area contributed by atoms with E-state index in [-0.39, 0.29) is 29.4 Å². The number of methoxy groups -OCH3 is 1. The van der Waals surface area contributed by atoms with Crippen LogP contribution in [0.2, 0.25) is 0 Å². The highest BCUT2D eigenvalue weighted by atomic mass is 16.7. The summed E-state index contributed by atoms with van der Waals surface area (Å²) in [5.74, 6) is 0.314. The van der Waals surface area contributed by atoms with Crippen LogP contribution in [0.15, 0.2) is 41.0 Å². The molecule has 3 aliphatic rings. The second-order valence-electron chi connectivity index (χ2n) is 7.70. The van der Waals surface area contributed by atoms with E-state index in [2.05, 4.69) is 0 Å². The fourth-order valence-corrected chi connectivity index (χ4v) is 3.92. The number of rotatable bonds is 2. The normalized spacial score (nSPS) is 23.1. The van der Waals surface area contributed by atoms with E-state index in [9.17, 15) is 9.59 Å². The summed E-state index contributed by atoms with van der Waals surface area (Å²) >= 11 is 0. The summed E-state index contributed by atoms with van der Waals surface area (Å²) in [5.41, 5.74) is 7.14. The molecule has 1 aromatic rings. The Morgan fingerprint density at radius 2 is 1.96 bits per heavy atom. The fraction of sp³-hybridized carbons (Fsp3) is 0.400. The Bertz CT molecular complexity index is 911. The maximum atomic E-state index is 13.0. The number of nitrogens with two attached hydrogens (primary N) is 1. The number of fused-ring (bicyclic) bond motifs is 1. The predicted octanol–water partition coefficient (Wildman–Crippen LogP) is 2.52. The molecule has 1 atom stereocenters. The SMILES string of the molecule is COC(=O)C1=C(N)OC2=C(C(=O)CC(C)(C)C2)C1c1ccc2c(c1)OCO2. The van der Waals surface area contributed by atoms with Crippen molar-refractivity contribution in [1.29, 1.82) is 0 Å². The molecule has 1 aromatic carbocycles.